The number of anilines is 1. The molecule has 0 saturated heterocycles. The SMILES string of the molecule is O=C(CC1(C(=O)O)CCCCCC1)Nc1cccc(COCc2ccco2)c1. The predicted molar refractivity (Wildman–Crippen MR) is 105 cm³/mol. The number of ether oxygens (including phenoxy) is 1. The van der Waals surface area contributed by atoms with Gasteiger partial charge in [-0.3, -0.25) is 9.59 Å². The van der Waals surface area contributed by atoms with Gasteiger partial charge in [-0.15, -0.1) is 0 Å². The van der Waals surface area contributed by atoms with Crippen LogP contribution in [0, 0.1) is 5.41 Å². The van der Waals surface area contributed by atoms with Gasteiger partial charge in [-0.2, -0.15) is 0 Å². The molecule has 6 heteroatoms. The molecule has 1 aromatic carbocycles. The maximum absolute atomic E-state index is 12.6. The first-order valence-corrected chi connectivity index (χ1v) is 9.80. The van der Waals surface area contributed by atoms with E-state index in [2.05, 4.69) is 5.32 Å². The molecule has 1 aromatic heterocycles. The standard InChI is InChI=1S/C22H27NO5/c24-20(14-22(21(25)26)10-3-1-2-4-11-22)23-18-8-5-7-17(13-18)15-27-16-19-9-6-12-28-19/h5-9,12-13H,1-4,10-11,14-16H2,(H,23,24)(H,25,26). The number of hydrogen-bond donors (Lipinski definition) is 2. The monoisotopic (exact) mass is 385 g/mol. The lowest BCUT2D eigenvalue weighted by Gasteiger charge is -2.27. The molecule has 1 aliphatic rings. The largest absolute Gasteiger partial charge is 0.481 e. The number of amides is 1. The van der Waals surface area contributed by atoms with Gasteiger partial charge in [0.15, 0.2) is 0 Å². The van der Waals surface area contributed by atoms with Crippen molar-refractivity contribution >= 4 is 17.6 Å². The van der Waals surface area contributed by atoms with Crippen LogP contribution in [0.2, 0.25) is 0 Å². The smallest absolute Gasteiger partial charge is 0.310 e. The summed E-state index contributed by atoms with van der Waals surface area (Å²) in [6.45, 7) is 0.772. The van der Waals surface area contributed by atoms with Crippen molar-refractivity contribution in [3.63, 3.8) is 0 Å². The average molecular weight is 385 g/mol. The molecule has 1 aliphatic carbocycles. The number of nitrogens with one attached hydrogen (secondary N) is 1. The molecule has 1 amide bonds. The number of benzene rings is 1. The highest BCUT2D eigenvalue weighted by atomic mass is 16.5. The number of carbonyl (C=O) groups excluding carboxylic acids is 1. The minimum atomic E-state index is -0.940. The Morgan fingerprint density at radius 2 is 1.86 bits per heavy atom. The zero-order valence-electron chi connectivity index (χ0n) is 16.0. The van der Waals surface area contributed by atoms with Crippen LogP contribution in [0.1, 0.15) is 56.3 Å². The highest BCUT2D eigenvalue weighted by Gasteiger charge is 2.40. The number of aliphatic carboxylic acids is 1. The van der Waals surface area contributed by atoms with Gasteiger partial charge in [0.25, 0.3) is 0 Å². The summed E-state index contributed by atoms with van der Waals surface area (Å²) in [6.07, 6.45) is 6.55. The van der Waals surface area contributed by atoms with Gasteiger partial charge < -0.3 is 19.6 Å². The molecule has 150 valence electrons. The fourth-order valence-electron chi connectivity index (χ4n) is 3.79. The molecule has 0 atom stereocenters. The fourth-order valence-corrected chi connectivity index (χ4v) is 3.79. The summed E-state index contributed by atoms with van der Waals surface area (Å²) >= 11 is 0. The van der Waals surface area contributed by atoms with Crippen LogP contribution in [-0.4, -0.2) is 17.0 Å². The van der Waals surface area contributed by atoms with Gasteiger partial charge in [0.1, 0.15) is 12.4 Å². The van der Waals surface area contributed by atoms with Crippen LogP contribution in [0.25, 0.3) is 0 Å². The molecule has 1 heterocycles. The second-order valence-electron chi connectivity index (χ2n) is 7.50. The number of hydrogen-bond acceptors (Lipinski definition) is 4. The Morgan fingerprint density at radius 1 is 1.07 bits per heavy atom. The molecule has 6 nitrogen and oxygen atoms in total. The van der Waals surface area contributed by atoms with Crippen molar-refractivity contribution in [1.29, 1.82) is 0 Å². The molecule has 28 heavy (non-hydrogen) atoms. The van der Waals surface area contributed by atoms with E-state index in [9.17, 15) is 14.7 Å². The van der Waals surface area contributed by atoms with Gasteiger partial charge in [-0.1, -0.05) is 37.8 Å². The van der Waals surface area contributed by atoms with Crippen molar-refractivity contribution in [2.45, 2.75) is 58.2 Å². The van der Waals surface area contributed by atoms with Crippen LogP contribution in [0.5, 0.6) is 0 Å². The molecule has 0 aliphatic heterocycles. The van der Waals surface area contributed by atoms with E-state index in [0.717, 1.165) is 37.0 Å². The van der Waals surface area contributed by atoms with Crippen LogP contribution in [0.3, 0.4) is 0 Å². The molecule has 1 saturated carbocycles. The summed E-state index contributed by atoms with van der Waals surface area (Å²) in [4.78, 5) is 24.4. The topological polar surface area (TPSA) is 88.8 Å². The summed E-state index contributed by atoms with van der Waals surface area (Å²) in [5.74, 6) is -0.352. The molecule has 2 aromatic rings. The Morgan fingerprint density at radius 3 is 2.54 bits per heavy atom. The molecule has 0 spiro atoms. The van der Waals surface area contributed by atoms with Gasteiger partial charge in [-0.05, 0) is 42.7 Å². The Labute approximate surface area is 164 Å². The van der Waals surface area contributed by atoms with Gasteiger partial charge in [0.05, 0.1) is 18.3 Å². The molecule has 0 bridgehead atoms. The first-order valence-electron chi connectivity index (χ1n) is 9.80. The average Bonchev–Trinajstić information content (AvgIpc) is 3.06. The van der Waals surface area contributed by atoms with Crippen LogP contribution in [-0.2, 0) is 27.5 Å². The summed E-state index contributed by atoms with van der Waals surface area (Å²) in [6, 6.07) is 11.1. The molecular formula is C22H27NO5. The van der Waals surface area contributed by atoms with Crippen molar-refractivity contribution in [1.82, 2.24) is 0 Å². The summed E-state index contributed by atoms with van der Waals surface area (Å²) in [5.41, 5.74) is 0.634. The van der Waals surface area contributed by atoms with Gasteiger partial charge in [0, 0.05) is 12.1 Å². The number of carboxylic acid groups (broad SMARTS) is 1. The Hall–Kier alpha value is -2.60. The maximum Gasteiger partial charge on any atom is 0.310 e. The number of rotatable bonds is 8. The highest BCUT2D eigenvalue weighted by molar-refractivity contribution is 5.94. The summed E-state index contributed by atoms with van der Waals surface area (Å²) < 4.78 is 10.9. The molecule has 2 N–H and O–H groups in total. The van der Waals surface area contributed by atoms with Gasteiger partial charge in [0.2, 0.25) is 5.91 Å². The molecule has 0 radical (unpaired) electrons. The zero-order chi connectivity index (χ0) is 19.8. The van der Waals surface area contributed by atoms with E-state index in [-0.39, 0.29) is 12.3 Å². The van der Waals surface area contributed by atoms with E-state index >= 15 is 0 Å². The fraction of sp³-hybridized carbons (Fsp3) is 0.455. The maximum atomic E-state index is 12.6. The van der Waals surface area contributed by atoms with E-state index in [4.69, 9.17) is 9.15 Å². The Kier molecular flexibility index (Phi) is 6.87. The van der Waals surface area contributed by atoms with E-state index in [1.807, 2.05) is 30.3 Å². The predicted octanol–water partition coefficient (Wildman–Crippen LogP) is 4.75. The molecule has 0 unspecified atom stereocenters. The number of carboxylic acids is 1. The summed E-state index contributed by atoms with van der Waals surface area (Å²) in [7, 11) is 0. The quantitative estimate of drug-likeness (QED) is 0.640. The Bertz CT molecular complexity index is 776. The second-order valence-corrected chi connectivity index (χ2v) is 7.50. The van der Waals surface area contributed by atoms with Gasteiger partial charge >= 0.3 is 5.97 Å². The van der Waals surface area contributed by atoms with Crippen molar-refractivity contribution in [3.8, 4) is 0 Å². The molecule has 3 rings (SSSR count). The van der Waals surface area contributed by atoms with E-state index in [0.29, 0.717) is 31.7 Å². The molecular weight excluding hydrogens is 358 g/mol. The summed E-state index contributed by atoms with van der Waals surface area (Å²) in [5, 5.41) is 12.6. The number of furan rings is 1. The van der Waals surface area contributed by atoms with Crippen molar-refractivity contribution < 1.29 is 23.8 Å². The van der Waals surface area contributed by atoms with E-state index < -0.39 is 11.4 Å². The number of carbonyl (C=O) groups is 2. The van der Waals surface area contributed by atoms with Crippen LogP contribution in [0.4, 0.5) is 5.69 Å². The normalized spacial score (nSPS) is 16.3. The highest BCUT2D eigenvalue weighted by Crippen LogP contribution is 2.38. The first kappa shape index (κ1) is 20.1. The lowest BCUT2D eigenvalue weighted by molar-refractivity contribution is -0.152. The van der Waals surface area contributed by atoms with Gasteiger partial charge in [-0.25, -0.2) is 0 Å². The minimum Gasteiger partial charge on any atom is -0.481 e. The third-order valence-electron chi connectivity index (χ3n) is 5.32. The van der Waals surface area contributed by atoms with Crippen LogP contribution < -0.4 is 5.32 Å². The van der Waals surface area contributed by atoms with E-state index in [1.54, 1.807) is 12.3 Å². The lowest BCUT2D eigenvalue weighted by Crippen LogP contribution is -2.35. The third-order valence-corrected chi connectivity index (χ3v) is 5.32. The Balaban J connectivity index is 1.56. The van der Waals surface area contributed by atoms with Crippen molar-refractivity contribution in [3.05, 3.63) is 54.0 Å². The first-order chi connectivity index (χ1) is 13.6. The van der Waals surface area contributed by atoms with Crippen molar-refractivity contribution in [2.75, 3.05) is 5.32 Å². The minimum absolute atomic E-state index is 0.0154. The van der Waals surface area contributed by atoms with E-state index in [1.165, 1.54) is 0 Å². The van der Waals surface area contributed by atoms with Crippen LogP contribution >= 0.6 is 0 Å². The second kappa shape index (κ2) is 9.55. The van der Waals surface area contributed by atoms with Crippen LogP contribution in [0.15, 0.2) is 47.1 Å². The third kappa shape index (κ3) is 5.45. The molecule has 1 fully saturated rings. The van der Waals surface area contributed by atoms with Crippen molar-refractivity contribution in [2.24, 2.45) is 5.41 Å². The zero-order valence-corrected chi connectivity index (χ0v) is 16.0. The lowest BCUT2D eigenvalue weighted by atomic mass is 9.77.